The largest absolute Gasteiger partial charge is 0.396 e. The summed E-state index contributed by atoms with van der Waals surface area (Å²) < 4.78 is 0. The van der Waals surface area contributed by atoms with Gasteiger partial charge in [-0.25, -0.2) is 0 Å². The first kappa shape index (κ1) is 14.5. The number of aliphatic hydroxyl groups excluding tert-OH is 1. The van der Waals surface area contributed by atoms with Gasteiger partial charge in [0.25, 0.3) is 0 Å². The molecule has 1 N–H and O–H groups in total. The Morgan fingerprint density at radius 3 is 2.35 bits per heavy atom. The third kappa shape index (κ3) is 5.53. The molecule has 0 aromatic heterocycles. The lowest BCUT2D eigenvalue weighted by atomic mass is 9.89. The monoisotopic (exact) mass is 241 g/mol. The number of carbonyl (C=O) groups is 1. The van der Waals surface area contributed by atoms with Crippen LogP contribution in [-0.4, -0.2) is 35.6 Å². The Morgan fingerprint density at radius 1 is 1.29 bits per heavy atom. The van der Waals surface area contributed by atoms with Crippen LogP contribution in [0.5, 0.6) is 0 Å². The predicted octanol–water partition coefficient (Wildman–Crippen LogP) is 2.43. The van der Waals surface area contributed by atoms with E-state index in [0.717, 1.165) is 38.8 Å². The smallest absolute Gasteiger partial charge is 0.223 e. The first-order chi connectivity index (χ1) is 7.92. The highest BCUT2D eigenvalue weighted by molar-refractivity contribution is 5.76. The van der Waals surface area contributed by atoms with Crippen LogP contribution >= 0.6 is 0 Å². The quantitative estimate of drug-likeness (QED) is 0.821. The van der Waals surface area contributed by atoms with Crippen LogP contribution in [0.25, 0.3) is 0 Å². The Hall–Kier alpha value is -0.570. The number of likely N-dealkylation sites (tertiary alicyclic amines) is 1. The van der Waals surface area contributed by atoms with Crippen molar-refractivity contribution in [2.24, 2.45) is 11.3 Å². The molecule has 1 heterocycles. The summed E-state index contributed by atoms with van der Waals surface area (Å²) in [7, 11) is 0. The van der Waals surface area contributed by atoms with E-state index in [1.165, 1.54) is 0 Å². The molecule has 0 aromatic rings. The summed E-state index contributed by atoms with van der Waals surface area (Å²) in [4.78, 5) is 14.0. The van der Waals surface area contributed by atoms with Gasteiger partial charge < -0.3 is 10.0 Å². The normalized spacial score (nSPS) is 18.5. The first-order valence-corrected chi connectivity index (χ1v) is 6.81. The van der Waals surface area contributed by atoms with Crippen LogP contribution in [0.2, 0.25) is 0 Å². The lowest BCUT2D eigenvalue weighted by Gasteiger charge is -2.33. The fraction of sp³-hybridized carbons (Fsp3) is 0.929. The average Bonchev–Trinajstić information content (AvgIpc) is 2.24. The van der Waals surface area contributed by atoms with Crippen molar-refractivity contribution in [3.8, 4) is 0 Å². The van der Waals surface area contributed by atoms with Crippen molar-refractivity contribution in [1.29, 1.82) is 0 Å². The molecular formula is C14H27NO2. The molecule has 100 valence electrons. The third-order valence-corrected chi connectivity index (χ3v) is 3.42. The summed E-state index contributed by atoms with van der Waals surface area (Å²) in [6, 6.07) is 0. The van der Waals surface area contributed by atoms with Gasteiger partial charge in [0, 0.05) is 26.1 Å². The molecule has 0 unspecified atom stereocenters. The highest BCUT2D eigenvalue weighted by Crippen LogP contribution is 2.25. The zero-order chi connectivity index (χ0) is 12.9. The molecule has 0 aliphatic carbocycles. The van der Waals surface area contributed by atoms with Gasteiger partial charge in [-0.15, -0.1) is 0 Å². The Labute approximate surface area is 105 Å². The molecule has 1 saturated heterocycles. The minimum Gasteiger partial charge on any atom is -0.396 e. The molecule has 1 aliphatic rings. The van der Waals surface area contributed by atoms with Crippen LogP contribution in [0.15, 0.2) is 0 Å². The second-order valence-corrected chi connectivity index (χ2v) is 6.43. The number of amides is 1. The summed E-state index contributed by atoms with van der Waals surface area (Å²) >= 11 is 0. The van der Waals surface area contributed by atoms with Gasteiger partial charge in [-0.3, -0.25) is 4.79 Å². The first-order valence-electron chi connectivity index (χ1n) is 6.81. The van der Waals surface area contributed by atoms with Crippen molar-refractivity contribution in [2.45, 2.75) is 52.9 Å². The fourth-order valence-corrected chi connectivity index (χ4v) is 2.42. The van der Waals surface area contributed by atoms with Gasteiger partial charge >= 0.3 is 0 Å². The molecule has 1 fully saturated rings. The van der Waals surface area contributed by atoms with Crippen LogP contribution in [-0.2, 0) is 4.79 Å². The van der Waals surface area contributed by atoms with Crippen molar-refractivity contribution in [1.82, 2.24) is 4.90 Å². The van der Waals surface area contributed by atoms with Gasteiger partial charge in [-0.1, -0.05) is 20.8 Å². The molecule has 0 saturated carbocycles. The van der Waals surface area contributed by atoms with E-state index >= 15 is 0 Å². The number of aliphatic hydroxyl groups is 1. The zero-order valence-corrected chi connectivity index (χ0v) is 11.5. The molecule has 0 spiro atoms. The van der Waals surface area contributed by atoms with E-state index in [0.29, 0.717) is 24.9 Å². The van der Waals surface area contributed by atoms with Gasteiger partial charge in [0.2, 0.25) is 5.91 Å². The molecule has 0 radical (unpaired) electrons. The van der Waals surface area contributed by atoms with Crippen molar-refractivity contribution in [3.63, 3.8) is 0 Å². The van der Waals surface area contributed by atoms with Crippen LogP contribution < -0.4 is 0 Å². The minimum absolute atomic E-state index is 0.0881. The number of nitrogens with zero attached hydrogens (tertiary/aromatic N) is 1. The molecular weight excluding hydrogens is 214 g/mol. The molecule has 0 bridgehead atoms. The van der Waals surface area contributed by atoms with Gasteiger partial charge in [-0.2, -0.15) is 0 Å². The van der Waals surface area contributed by atoms with Crippen molar-refractivity contribution in [2.75, 3.05) is 19.7 Å². The SMILES string of the molecule is CC(C)(C)CC(=O)N1CCC(CCCO)CC1. The molecule has 3 nitrogen and oxygen atoms in total. The number of rotatable bonds is 4. The van der Waals surface area contributed by atoms with Crippen molar-refractivity contribution < 1.29 is 9.90 Å². The Bertz CT molecular complexity index is 237. The Morgan fingerprint density at radius 2 is 1.88 bits per heavy atom. The molecule has 0 atom stereocenters. The zero-order valence-electron chi connectivity index (χ0n) is 11.5. The second kappa shape index (κ2) is 6.39. The van der Waals surface area contributed by atoms with Crippen LogP contribution in [0.1, 0.15) is 52.9 Å². The molecule has 1 amide bonds. The predicted molar refractivity (Wildman–Crippen MR) is 69.7 cm³/mol. The van der Waals surface area contributed by atoms with Crippen molar-refractivity contribution in [3.05, 3.63) is 0 Å². The maximum atomic E-state index is 12.0. The Balaban J connectivity index is 2.29. The maximum Gasteiger partial charge on any atom is 0.223 e. The lowest BCUT2D eigenvalue weighted by Crippen LogP contribution is -2.39. The van der Waals surface area contributed by atoms with E-state index in [1.54, 1.807) is 0 Å². The standard InChI is InChI=1S/C14H27NO2/c1-14(2,3)11-13(17)15-8-6-12(7-9-15)5-4-10-16/h12,16H,4-11H2,1-3H3. The van der Waals surface area contributed by atoms with E-state index in [9.17, 15) is 4.79 Å². The van der Waals surface area contributed by atoms with Gasteiger partial charge in [0.1, 0.15) is 0 Å². The number of hydrogen-bond acceptors (Lipinski definition) is 2. The van der Waals surface area contributed by atoms with Gasteiger partial charge in [0.15, 0.2) is 0 Å². The summed E-state index contributed by atoms with van der Waals surface area (Å²) in [6.45, 7) is 8.44. The van der Waals surface area contributed by atoms with Crippen LogP contribution in [0, 0.1) is 11.3 Å². The summed E-state index contributed by atoms with van der Waals surface area (Å²) in [5, 5.41) is 8.80. The van der Waals surface area contributed by atoms with Crippen LogP contribution in [0.3, 0.4) is 0 Å². The fourth-order valence-electron chi connectivity index (χ4n) is 2.42. The molecule has 3 heteroatoms. The molecule has 0 aromatic carbocycles. The van der Waals surface area contributed by atoms with Gasteiger partial charge in [-0.05, 0) is 37.0 Å². The van der Waals surface area contributed by atoms with Gasteiger partial charge in [0.05, 0.1) is 0 Å². The highest BCUT2D eigenvalue weighted by atomic mass is 16.2. The molecule has 1 aliphatic heterocycles. The maximum absolute atomic E-state index is 12.0. The number of carbonyl (C=O) groups excluding carboxylic acids is 1. The van der Waals surface area contributed by atoms with Crippen molar-refractivity contribution >= 4 is 5.91 Å². The van der Waals surface area contributed by atoms with E-state index < -0.39 is 0 Å². The highest BCUT2D eigenvalue weighted by Gasteiger charge is 2.25. The lowest BCUT2D eigenvalue weighted by molar-refractivity contribution is -0.134. The van der Waals surface area contributed by atoms with E-state index in [-0.39, 0.29) is 5.41 Å². The topological polar surface area (TPSA) is 40.5 Å². The average molecular weight is 241 g/mol. The molecule has 17 heavy (non-hydrogen) atoms. The summed E-state index contributed by atoms with van der Waals surface area (Å²) in [6.07, 6.45) is 4.87. The Kier molecular flexibility index (Phi) is 5.44. The third-order valence-electron chi connectivity index (χ3n) is 3.42. The van der Waals surface area contributed by atoms with E-state index in [2.05, 4.69) is 20.8 Å². The number of piperidine rings is 1. The van der Waals surface area contributed by atoms with E-state index in [4.69, 9.17) is 5.11 Å². The second-order valence-electron chi connectivity index (χ2n) is 6.43. The molecule has 1 rings (SSSR count). The summed E-state index contributed by atoms with van der Waals surface area (Å²) in [5.41, 5.74) is 0.0881. The minimum atomic E-state index is 0.0881. The van der Waals surface area contributed by atoms with E-state index in [1.807, 2.05) is 4.90 Å². The van der Waals surface area contributed by atoms with Crippen LogP contribution in [0.4, 0.5) is 0 Å². The number of hydrogen-bond donors (Lipinski definition) is 1. The summed E-state index contributed by atoms with van der Waals surface area (Å²) in [5.74, 6) is 1.01.